The number of rotatable bonds is 2. The third kappa shape index (κ3) is 1.65. The molecule has 1 aromatic rings. The van der Waals surface area contributed by atoms with E-state index in [1.807, 2.05) is 0 Å². The second-order valence-electron chi connectivity index (χ2n) is 2.12. The van der Waals surface area contributed by atoms with Gasteiger partial charge in [0.05, 0.1) is 16.4 Å². The molecule has 64 valence electrons. The highest BCUT2D eigenvalue weighted by Crippen LogP contribution is 2.25. The maximum atomic E-state index is 12.9. The van der Waals surface area contributed by atoms with E-state index in [2.05, 4.69) is 5.32 Å². The van der Waals surface area contributed by atoms with Crippen molar-refractivity contribution >= 4 is 29.4 Å². The third-order valence-electron chi connectivity index (χ3n) is 1.30. The fourth-order valence-corrected chi connectivity index (χ4v) is 0.890. The molecule has 0 saturated heterocycles. The van der Waals surface area contributed by atoms with Crippen molar-refractivity contribution in [2.24, 2.45) is 0 Å². The number of benzene rings is 1. The predicted octanol–water partition coefficient (Wildman–Crippen LogP) is 1.63. The molecule has 0 fully saturated rings. The van der Waals surface area contributed by atoms with Gasteiger partial charge in [-0.1, -0.05) is 11.6 Å². The van der Waals surface area contributed by atoms with Crippen LogP contribution in [0.1, 0.15) is 0 Å². The van der Waals surface area contributed by atoms with Gasteiger partial charge in [-0.25, -0.2) is 4.39 Å². The Morgan fingerprint density at radius 2 is 2.25 bits per heavy atom. The number of amides is 1. The van der Waals surface area contributed by atoms with Gasteiger partial charge in [-0.3, -0.25) is 4.79 Å². The first-order valence-corrected chi connectivity index (χ1v) is 3.47. The van der Waals surface area contributed by atoms with Crippen molar-refractivity contribution in [3.63, 3.8) is 0 Å². The number of carbonyl (C=O) groups is 1. The van der Waals surface area contributed by atoms with E-state index in [0.29, 0.717) is 6.41 Å². The van der Waals surface area contributed by atoms with Crippen LogP contribution in [0.15, 0.2) is 12.1 Å². The van der Waals surface area contributed by atoms with Crippen LogP contribution < -0.4 is 11.1 Å². The van der Waals surface area contributed by atoms with Crippen LogP contribution >= 0.6 is 11.6 Å². The van der Waals surface area contributed by atoms with Gasteiger partial charge in [0.15, 0.2) is 0 Å². The Bertz CT molecular complexity index is 317. The lowest BCUT2D eigenvalue weighted by molar-refractivity contribution is -0.105. The monoisotopic (exact) mass is 188 g/mol. The van der Waals surface area contributed by atoms with Gasteiger partial charge < -0.3 is 11.1 Å². The zero-order valence-corrected chi connectivity index (χ0v) is 6.73. The maximum Gasteiger partial charge on any atom is 0.211 e. The van der Waals surface area contributed by atoms with Gasteiger partial charge in [-0.05, 0) is 12.1 Å². The zero-order chi connectivity index (χ0) is 9.14. The molecule has 12 heavy (non-hydrogen) atoms. The second kappa shape index (κ2) is 3.40. The van der Waals surface area contributed by atoms with Crippen LogP contribution in [-0.4, -0.2) is 6.41 Å². The maximum absolute atomic E-state index is 12.9. The molecule has 0 atom stereocenters. The molecule has 1 amide bonds. The van der Waals surface area contributed by atoms with Crippen LogP contribution in [0.25, 0.3) is 0 Å². The molecule has 0 heterocycles. The zero-order valence-electron chi connectivity index (χ0n) is 5.97. The van der Waals surface area contributed by atoms with E-state index in [0.717, 1.165) is 6.07 Å². The molecule has 1 rings (SSSR count). The molecule has 0 saturated carbocycles. The van der Waals surface area contributed by atoms with Crippen molar-refractivity contribution < 1.29 is 9.18 Å². The summed E-state index contributed by atoms with van der Waals surface area (Å²) in [6, 6.07) is 2.30. The standard InChI is InChI=1S/C7H6ClFN2O/c8-4-1-5(9)7(11-3-12)2-6(4)10/h1-3H,10H2,(H,11,12). The highest BCUT2D eigenvalue weighted by Gasteiger charge is 2.04. The number of carbonyl (C=O) groups excluding carboxylic acids is 1. The van der Waals surface area contributed by atoms with Crippen LogP contribution in [0.2, 0.25) is 5.02 Å². The quantitative estimate of drug-likeness (QED) is 0.548. The molecule has 0 radical (unpaired) electrons. The van der Waals surface area contributed by atoms with E-state index in [1.54, 1.807) is 0 Å². The highest BCUT2D eigenvalue weighted by atomic mass is 35.5. The predicted molar refractivity (Wildman–Crippen MR) is 45.5 cm³/mol. The summed E-state index contributed by atoms with van der Waals surface area (Å²) >= 11 is 5.50. The Kier molecular flexibility index (Phi) is 2.50. The van der Waals surface area contributed by atoms with E-state index >= 15 is 0 Å². The van der Waals surface area contributed by atoms with Crippen molar-refractivity contribution in [1.29, 1.82) is 0 Å². The van der Waals surface area contributed by atoms with E-state index < -0.39 is 5.82 Å². The van der Waals surface area contributed by atoms with Crippen molar-refractivity contribution in [3.05, 3.63) is 23.0 Å². The molecule has 0 bridgehead atoms. The number of nitrogens with one attached hydrogen (secondary N) is 1. The van der Waals surface area contributed by atoms with Crippen molar-refractivity contribution in [1.82, 2.24) is 0 Å². The van der Waals surface area contributed by atoms with Gasteiger partial charge in [0.25, 0.3) is 0 Å². The number of hydrogen-bond donors (Lipinski definition) is 2. The summed E-state index contributed by atoms with van der Waals surface area (Å²) < 4.78 is 12.9. The molecule has 0 aromatic heterocycles. The molecule has 0 aliphatic heterocycles. The summed E-state index contributed by atoms with van der Waals surface area (Å²) in [6.07, 6.45) is 0.367. The number of nitrogens with two attached hydrogens (primary N) is 1. The van der Waals surface area contributed by atoms with E-state index in [4.69, 9.17) is 17.3 Å². The first-order chi connectivity index (χ1) is 5.65. The summed E-state index contributed by atoms with van der Waals surface area (Å²) in [4.78, 5) is 9.97. The Hall–Kier alpha value is -1.29. The first-order valence-electron chi connectivity index (χ1n) is 3.10. The van der Waals surface area contributed by atoms with E-state index in [1.165, 1.54) is 6.07 Å². The minimum Gasteiger partial charge on any atom is -0.397 e. The molecule has 3 N–H and O–H groups in total. The second-order valence-corrected chi connectivity index (χ2v) is 2.52. The van der Waals surface area contributed by atoms with E-state index in [9.17, 15) is 9.18 Å². The SMILES string of the molecule is Nc1cc(NC=O)c(F)cc1Cl. The third-order valence-corrected chi connectivity index (χ3v) is 1.63. The highest BCUT2D eigenvalue weighted by molar-refractivity contribution is 6.33. The average Bonchev–Trinajstić information content (AvgIpc) is 2.01. The Labute approximate surface area is 73.3 Å². The lowest BCUT2D eigenvalue weighted by Gasteiger charge is -2.03. The summed E-state index contributed by atoms with van der Waals surface area (Å²) in [5, 5.41) is 2.28. The van der Waals surface area contributed by atoms with Crippen molar-refractivity contribution in [2.45, 2.75) is 0 Å². The van der Waals surface area contributed by atoms with Crippen LogP contribution in [0.4, 0.5) is 15.8 Å². The van der Waals surface area contributed by atoms with Crippen LogP contribution in [0.3, 0.4) is 0 Å². The fourth-order valence-electron chi connectivity index (χ4n) is 0.740. The topological polar surface area (TPSA) is 55.1 Å². The van der Waals surface area contributed by atoms with Gasteiger partial charge in [0.2, 0.25) is 6.41 Å². The normalized spacial score (nSPS) is 9.50. The van der Waals surface area contributed by atoms with Gasteiger partial charge >= 0.3 is 0 Å². The van der Waals surface area contributed by atoms with Crippen molar-refractivity contribution in [3.8, 4) is 0 Å². The lowest BCUT2D eigenvalue weighted by Crippen LogP contribution is -1.98. The Morgan fingerprint density at radius 1 is 1.58 bits per heavy atom. The minimum absolute atomic E-state index is 0.0203. The fraction of sp³-hybridized carbons (Fsp3) is 0. The molecule has 0 spiro atoms. The van der Waals surface area contributed by atoms with Gasteiger partial charge in [-0.2, -0.15) is 0 Å². The summed E-state index contributed by atoms with van der Waals surface area (Å²) in [5.74, 6) is -0.610. The molecule has 0 unspecified atom stereocenters. The van der Waals surface area contributed by atoms with Crippen LogP contribution in [0.5, 0.6) is 0 Å². The lowest BCUT2D eigenvalue weighted by atomic mass is 10.2. The van der Waals surface area contributed by atoms with Crippen LogP contribution in [-0.2, 0) is 4.79 Å². The number of halogens is 2. The minimum atomic E-state index is -0.610. The number of hydrogen-bond acceptors (Lipinski definition) is 2. The first kappa shape index (κ1) is 8.80. The van der Waals surface area contributed by atoms with Gasteiger partial charge in [-0.15, -0.1) is 0 Å². The largest absolute Gasteiger partial charge is 0.397 e. The Morgan fingerprint density at radius 3 is 2.83 bits per heavy atom. The average molecular weight is 189 g/mol. The summed E-state index contributed by atoms with van der Waals surface area (Å²) in [5.41, 5.74) is 5.61. The summed E-state index contributed by atoms with van der Waals surface area (Å²) in [6.45, 7) is 0. The van der Waals surface area contributed by atoms with Gasteiger partial charge in [0, 0.05) is 0 Å². The summed E-state index contributed by atoms with van der Waals surface area (Å²) in [7, 11) is 0. The smallest absolute Gasteiger partial charge is 0.211 e. The van der Waals surface area contributed by atoms with Gasteiger partial charge in [0.1, 0.15) is 5.82 Å². The molecular formula is C7H6ClFN2O. The number of nitrogen functional groups attached to an aromatic ring is 1. The molecule has 5 heteroatoms. The van der Waals surface area contributed by atoms with Crippen molar-refractivity contribution in [2.75, 3.05) is 11.1 Å². The molecule has 0 aliphatic carbocycles. The molecular weight excluding hydrogens is 183 g/mol. The van der Waals surface area contributed by atoms with E-state index in [-0.39, 0.29) is 16.4 Å². The molecule has 1 aromatic carbocycles. The molecule has 3 nitrogen and oxygen atoms in total. The van der Waals surface area contributed by atoms with Crippen LogP contribution in [0, 0.1) is 5.82 Å². The number of anilines is 2. The Balaban J connectivity index is 3.13. The molecule has 0 aliphatic rings.